The Kier molecular flexibility index (Phi) is 6.05. The maximum Gasteiger partial charge on any atom is 0.0810 e. The highest BCUT2D eigenvalue weighted by Crippen LogP contribution is 2.06. The number of hydrogen-bond donors (Lipinski definition) is 2. The fraction of sp³-hybridized carbons (Fsp3) is 0.538. The fourth-order valence-electron chi connectivity index (χ4n) is 1.59. The van der Waals surface area contributed by atoms with Crippen LogP contribution < -0.4 is 11.1 Å². The Labute approximate surface area is 92.9 Å². The van der Waals surface area contributed by atoms with Crippen LogP contribution in [0.1, 0.15) is 44.3 Å². The molecule has 1 aromatic rings. The van der Waals surface area contributed by atoms with Crippen LogP contribution in [0.5, 0.6) is 0 Å². The second-order valence-electron chi connectivity index (χ2n) is 3.90. The second-order valence-corrected chi connectivity index (χ2v) is 3.90. The van der Waals surface area contributed by atoms with E-state index in [0.717, 1.165) is 12.1 Å². The van der Waals surface area contributed by atoms with E-state index in [1.807, 2.05) is 18.2 Å². The molecule has 0 aliphatic heterocycles. The standard InChI is InChI=1S/C13H22N2/c1-2-3-4-8-11-15-13(14)12-9-6-5-7-10-12/h5-7,9-10,13,15H,2-4,8,11,14H2,1H3. The van der Waals surface area contributed by atoms with E-state index in [-0.39, 0.29) is 6.17 Å². The summed E-state index contributed by atoms with van der Waals surface area (Å²) in [5.41, 5.74) is 7.16. The topological polar surface area (TPSA) is 38.0 Å². The van der Waals surface area contributed by atoms with Crippen molar-refractivity contribution in [3.63, 3.8) is 0 Å². The third-order valence-electron chi connectivity index (χ3n) is 2.55. The first-order valence-electron chi connectivity index (χ1n) is 5.88. The summed E-state index contributed by atoms with van der Waals surface area (Å²) in [5.74, 6) is 0. The van der Waals surface area contributed by atoms with Crippen molar-refractivity contribution in [3.05, 3.63) is 35.9 Å². The minimum absolute atomic E-state index is 0.0205. The van der Waals surface area contributed by atoms with Crippen LogP contribution in [0.2, 0.25) is 0 Å². The Bertz CT molecular complexity index is 246. The minimum Gasteiger partial charge on any atom is -0.312 e. The number of unbranched alkanes of at least 4 members (excludes halogenated alkanes) is 3. The Morgan fingerprint density at radius 1 is 1.13 bits per heavy atom. The molecule has 1 unspecified atom stereocenters. The Morgan fingerprint density at radius 3 is 2.53 bits per heavy atom. The van der Waals surface area contributed by atoms with E-state index in [1.54, 1.807) is 0 Å². The molecule has 2 heteroatoms. The van der Waals surface area contributed by atoms with Crippen LogP contribution in [0.3, 0.4) is 0 Å². The maximum atomic E-state index is 6.00. The second kappa shape index (κ2) is 7.43. The van der Waals surface area contributed by atoms with Crippen molar-refractivity contribution < 1.29 is 0 Å². The van der Waals surface area contributed by atoms with Gasteiger partial charge in [-0.2, -0.15) is 0 Å². The van der Waals surface area contributed by atoms with Gasteiger partial charge in [-0.1, -0.05) is 56.5 Å². The van der Waals surface area contributed by atoms with Crippen molar-refractivity contribution in [3.8, 4) is 0 Å². The average molecular weight is 206 g/mol. The van der Waals surface area contributed by atoms with Crippen molar-refractivity contribution in [1.29, 1.82) is 0 Å². The first kappa shape index (κ1) is 12.2. The van der Waals surface area contributed by atoms with Crippen LogP contribution in [-0.2, 0) is 0 Å². The largest absolute Gasteiger partial charge is 0.312 e. The molecule has 3 N–H and O–H groups in total. The van der Waals surface area contributed by atoms with E-state index in [4.69, 9.17) is 5.73 Å². The number of hydrogen-bond acceptors (Lipinski definition) is 2. The molecule has 84 valence electrons. The molecule has 0 amide bonds. The molecular formula is C13H22N2. The van der Waals surface area contributed by atoms with Gasteiger partial charge in [-0.05, 0) is 18.5 Å². The van der Waals surface area contributed by atoms with E-state index in [1.165, 1.54) is 25.7 Å². The van der Waals surface area contributed by atoms with Gasteiger partial charge in [0.25, 0.3) is 0 Å². The monoisotopic (exact) mass is 206 g/mol. The number of nitrogens with two attached hydrogens (primary N) is 1. The molecule has 1 rings (SSSR count). The van der Waals surface area contributed by atoms with E-state index in [9.17, 15) is 0 Å². The molecule has 0 saturated heterocycles. The predicted octanol–water partition coefficient (Wildman–Crippen LogP) is 2.81. The molecule has 1 aromatic carbocycles. The van der Waals surface area contributed by atoms with Gasteiger partial charge >= 0.3 is 0 Å². The zero-order valence-electron chi connectivity index (χ0n) is 9.58. The van der Waals surface area contributed by atoms with Gasteiger partial charge in [0.15, 0.2) is 0 Å². The lowest BCUT2D eigenvalue weighted by Crippen LogP contribution is -2.29. The molecule has 1 atom stereocenters. The molecule has 0 radical (unpaired) electrons. The lowest BCUT2D eigenvalue weighted by atomic mass is 10.1. The van der Waals surface area contributed by atoms with Gasteiger partial charge in [0.1, 0.15) is 0 Å². The molecule has 0 aliphatic carbocycles. The van der Waals surface area contributed by atoms with E-state index in [2.05, 4.69) is 24.4 Å². The molecule has 0 spiro atoms. The average Bonchev–Trinajstić information content (AvgIpc) is 2.30. The lowest BCUT2D eigenvalue weighted by molar-refractivity contribution is 0.521. The fourth-order valence-corrected chi connectivity index (χ4v) is 1.59. The molecule has 0 aliphatic rings. The van der Waals surface area contributed by atoms with Crippen LogP contribution in [0.15, 0.2) is 30.3 Å². The molecule has 0 aromatic heterocycles. The summed E-state index contributed by atoms with van der Waals surface area (Å²) in [4.78, 5) is 0. The number of benzene rings is 1. The molecule has 2 nitrogen and oxygen atoms in total. The normalized spacial score (nSPS) is 12.7. The molecule has 0 fully saturated rings. The molecule has 0 bridgehead atoms. The lowest BCUT2D eigenvalue weighted by Gasteiger charge is -2.13. The SMILES string of the molecule is CCCCCCNC(N)c1ccccc1. The number of rotatable bonds is 7. The molecule has 0 saturated carbocycles. The van der Waals surface area contributed by atoms with Gasteiger partial charge in [0.2, 0.25) is 0 Å². The molecule has 0 heterocycles. The van der Waals surface area contributed by atoms with E-state index < -0.39 is 0 Å². The Morgan fingerprint density at radius 2 is 1.87 bits per heavy atom. The predicted molar refractivity (Wildman–Crippen MR) is 65.5 cm³/mol. The summed E-state index contributed by atoms with van der Waals surface area (Å²) in [5, 5.41) is 3.34. The minimum atomic E-state index is -0.0205. The zero-order chi connectivity index (χ0) is 10.9. The molecule has 15 heavy (non-hydrogen) atoms. The summed E-state index contributed by atoms with van der Waals surface area (Å²) in [7, 11) is 0. The van der Waals surface area contributed by atoms with Crippen LogP contribution in [-0.4, -0.2) is 6.54 Å². The summed E-state index contributed by atoms with van der Waals surface area (Å²) in [6, 6.07) is 10.2. The molecular weight excluding hydrogens is 184 g/mol. The van der Waals surface area contributed by atoms with Gasteiger partial charge in [0.05, 0.1) is 6.17 Å². The highest BCUT2D eigenvalue weighted by atomic mass is 15.0. The summed E-state index contributed by atoms with van der Waals surface area (Å²) >= 11 is 0. The van der Waals surface area contributed by atoms with Gasteiger partial charge < -0.3 is 5.73 Å². The quantitative estimate of drug-likeness (QED) is 0.532. The Hall–Kier alpha value is -0.860. The van der Waals surface area contributed by atoms with Gasteiger partial charge in [-0.25, -0.2) is 0 Å². The van der Waals surface area contributed by atoms with E-state index in [0.29, 0.717) is 0 Å². The van der Waals surface area contributed by atoms with Crippen molar-refractivity contribution in [2.75, 3.05) is 6.54 Å². The van der Waals surface area contributed by atoms with Gasteiger partial charge in [-0.3, -0.25) is 5.32 Å². The first-order chi connectivity index (χ1) is 7.34. The highest BCUT2D eigenvalue weighted by molar-refractivity contribution is 5.17. The van der Waals surface area contributed by atoms with Crippen molar-refractivity contribution >= 4 is 0 Å². The highest BCUT2D eigenvalue weighted by Gasteiger charge is 2.02. The third-order valence-corrected chi connectivity index (χ3v) is 2.55. The summed E-state index contributed by atoms with van der Waals surface area (Å²) in [6.07, 6.45) is 5.10. The van der Waals surface area contributed by atoms with E-state index >= 15 is 0 Å². The smallest absolute Gasteiger partial charge is 0.0810 e. The summed E-state index contributed by atoms with van der Waals surface area (Å²) < 4.78 is 0. The van der Waals surface area contributed by atoms with Crippen molar-refractivity contribution in [1.82, 2.24) is 5.32 Å². The Balaban J connectivity index is 2.16. The third kappa shape index (κ3) is 4.96. The van der Waals surface area contributed by atoms with Crippen LogP contribution in [0.25, 0.3) is 0 Å². The maximum absolute atomic E-state index is 6.00. The number of nitrogens with one attached hydrogen (secondary N) is 1. The summed E-state index contributed by atoms with van der Waals surface area (Å²) in [6.45, 7) is 3.24. The first-order valence-corrected chi connectivity index (χ1v) is 5.88. The van der Waals surface area contributed by atoms with Crippen molar-refractivity contribution in [2.24, 2.45) is 5.73 Å². The van der Waals surface area contributed by atoms with Crippen LogP contribution in [0.4, 0.5) is 0 Å². The van der Waals surface area contributed by atoms with Crippen LogP contribution >= 0.6 is 0 Å². The zero-order valence-corrected chi connectivity index (χ0v) is 9.58. The van der Waals surface area contributed by atoms with Gasteiger partial charge in [0, 0.05) is 0 Å². The van der Waals surface area contributed by atoms with Crippen LogP contribution in [0, 0.1) is 0 Å². The van der Waals surface area contributed by atoms with Gasteiger partial charge in [-0.15, -0.1) is 0 Å². The van der Waals surface area contributed by atoms with Crippen molar-refractivity contribution in [2.45, 2.75) is 38.8 Å².